The van der Waals surface area contributed by atoms with Gasteiger partial charge in [0.25, 0.3) is 0 Å². The van der Waals surface area contributed by atoms with Crippen molar-refractivity contribution in [3.8, 4) is 11.3 Å². The van der Waals surface area contributed by atoms with Gasteiger partial charge in [-0.2, -0.15) is 0 Å². The van der Waals surface area contributed by atoms with Crippen LogP contribution >= 0.6 is 0 Å². The van der Waals surface area contributed by atoms with Crippen molar-refractivity contribution >= 4 is 0 Å². The minimum Gasteiger partial charge on any atom is -0.261 e. The summed E-state index contributed by atoms with van der Waals surface area (Å²) < 4.78 is 1.80. The van der Waals surface area contributed by atoms with Gasteiger partial charge in [0.05, 0.1) is 6.20 Å². The Kier molecular flexibility index (Phi) is 2.26. The van der Waals surface area contributed by atoms with Crippen molar-refractivity contribution in [3.05, 3.63) is 30.2 Å². The lowest BCUT2D eigenvalue weighted by Crippen LogP contribution is -1.93. The summed E-state index contributed by atoms with van der Waals surface area (Å²) >= 11 is 0. The van der Waals surface area contributed by atoms with Crippen LogP contribution in [0, 0.1) is 6.92 Å². The van der Waals surface area contributed by atoms with Crippen LogP contribution in [-0.4, -0.2) is 20.0 Å². The van der Waals surface area contributed by atoms with Gasteiger partial charge in [-0.1, -0.05) is 5.21 Å². The molecule has 0 aliphatic heterocycles. The third-order valence-electron chi connectivity index (χ3n) is 2.07. The molecule has 0 saturated heterocycles. The van der Waals surface area contributed by atoms with Crippen molar-refractivity contribution in [2.45, 2.75) is 20.4 Å². The van der Waals surface area contributed by atoms with E-state index in [2.05, 4.69) is 15.3 Å². The number of nitrogens with zero attached hydrogens (tertiary/aromatic N) is 4. The highest BCUT2D eigenvalue weighted by Crippen LogP contribution is 2.14. The quantitative estimate of drug-likeness (QED) is 0.720. The molecule has 2 rings (SSSR count). The van der Waals surface area contributed by atoms with Gasteiger partial charge in [0.2, 0.25) is 0 Å². The van der Waals surface area contributed by atoms with Crippen molar-refractivity contribution in [1.82, 2.24) is 20.0 Å². The van der Waals surface area contributed by atoms with Crippen LogP contribution in [0.1, 0.15) is 12.6 Å². The highest BCUT2D eigenvalue weighted by Gasteiger charge is 2.02. The summed E-state index contributed by atoms with van der Waals surface area (Å²) in [5.74, 6) is 0. The fourth-order valence-corrected chi connectivity index (χ4v) is 1.20. The highest BCUT2D eigenvalue weighted by atomic mass is 15.4. The monoisotopic (exact) mass is 188 g/mol. The molecule has 0 bridgehead atoms. The van der Waals surface area contributed by atoms with Crippen LogP contribution in [0.2, 0.25) is 0 Å². The highest BCUT2D eigenvalue weighted by molar-refractivity contribution is 5.56. The van der Waals surface area contributed by atoms with Gasteiger partial charge in [0.15, 0.2) is 0 Å². The van der Waals surface area contributed by atoms with Gasteiger partial charge in [-0.15, -0.1) is 5.10 Å². The van der Waals surface area contributed by atoms with E-state index in [0.29, 0.717) is 0 Å². The summed E-state index contributed by atoms with van der Waals surface area (Å²) in [5, 5.41) is 8.03. The lowest BCUT2D eigenvalue weighted by atomic mass is 10.2. The maximum absolute atomic E-state index is 4.21. The van der Waals surface area contributed by atoms with Gasteiger partial charge < -0.3 is 0 Å². The summed E-state index contributed by atoms with van der Waals surface area (Å²) in [5.41, 5.74) is 2.89. The van der Waals surface area contributed by atoms with E-state index in [1.807, 2.05) is 38.4 Å². The molecule has 4 nitrogen and oxygen atoms in total. The van der Waals surface area contributed by atoms with E-state index in [9.17, 15) is 0 Å². The second kappa shape index (κ2) is 3.57. The molecule has 0 amide bonds. The summed E-state index contributed by atoms with van der Waals surface area (Å²) in [6.07, 6.45) is 3.74. The number of rotatable bonds is 2. The standard InChI is InChI=1S/C10H12N4/c1-3-14-7-10(12-13-14)9-5-4-8(2)11-6-9/h4-7H,3H2,1-2H3. The molecule has 0 N–H and O–H groups in total. The van der Waals surface area contributed by atoms with Crippen LogP contribution in [0.15, 0.2) is 24.5 Å². The maximum atomic E-state index is 4.21. The van der Waals surface area contributed by atoms with Crippen molar-refractivity contribution in [2.24, 2.45) is 0 Å². The Morgan fingerprint density at radius 3 is 2.79 bits per heavy atom. The molecule has 0 fully saturated rings. The first-order chi connectivity index (χ1) is 6.79. The van der Waals surface area contributed by atoms with E-state index < -0.39 is 0 Å². The molecule has 2 aromatic heterocycles. The number of aromatic nitrogens is 4. The zero-order valence-electron chi connectivity index (χ0n) is 8.31. The predicted molar refractivity (Wildman–Crippen MR) is 53.7 cm³/mol. The van der Waals surface area contributed by atoms with E-state index in [0.717, 1.165) is 23.5 Å². The van der Waals surface area contributed by atoms with Crippen molar-refractivity contribution in [1.29, 1.82) is 0 Å². The van der Waals surface area contributed by atoms with Crippen molar-refractivity contribution in [3.63, 3.8) is 0 Å². The maximum Gasteiger partial charge on any atom is 0.114 e. The second-order valence-electron chi connectivity index (χ2n) is 3.15. The van der Waals surface area contributed by atoms with E-state index in [1.54, 1.807) is 4.68 Å². The minimum absolute atomic E-state index is 0.840. The first-order valence-corrected chi connectivity index (χ1v) is 4.62. The Morgan fingerprint density at radius 1 is 1.36 bits per heavy atom. The largest absolute Gasteiger partial charge is 0.261 e. The third kappa shape index (κ3) is 1.64. The lowest BCUT2D eigenvalue weighted by molar-refractivity contribution is 0.627. The molecule has 72 valence electrons. The Morgan fingerprint density at radius 2 is 2.21 bits per heavy atom. The number of hydrogen-bond acceptors (Lipinski definition) is 3. The van der Waals surface area contributed by atoms with Crippen LogP contribution in [0.5, 0.6) is 0 Å². The number of hydrogen-bond donors (Lipinski definition) is 0. The molecule has 0 atom stereocenters. The zero-order valence-corrected chi connectivity index (χ0v) is 8.31. The topological polar surface area (TPSA) is 43.6 Å². The van der Waals surface area contributed by atoms with Crippen LogP contribution < -0.4 is 0 Å². The third-order valence-corrected chi connectivity index (χ3v) is 2.07. The van der Waals surface area contributed by atoms with Gasteiger partial charge >= 0.3 is 0 Å². The summed E-state index contributed by atoms with van der Waals surface area (Å²) in [6, 6.07) is 3.98. The summed E-state index contributed by atoms with van der Waals surface area (Å²) in [4.78, 5) is 4.21. The molecule has 0 aliphatic carbocycles. The lowest BCUT2D eigenvalue weighted by Gasteiger charge is -1.94. The minimum atomic E-state index is 0.840. The first kappa shape index (κ1) is 8.87. The normalized spacial score (nSPS) is 10.4. The summed E-state index contributed by atoms with van der Waals surface area (Å²) in [6.45, 7) is 4.84. The Labute approximate surface area is 82.6 Å². The Hall–Kier alpha value is -1.71. The molecule has 0 aromatic carbocycles. The van der Waals surface area contributed by atoms with Gasteiger partial charge in [-0.25, -0.2) is 0 Å². The smallest absolute Gasteiger partial charge is 0.114 e. The fraction of sp³-hybridized carbons (Fsp3) is 0.300. The van der Waals surface area contributed by atoms with Crippen LogP contribution in [-0.2, 0) is 6.54 Å². The molecule has 0 radical (unpaired) electrons. The predicted octanol–water partition coefficient (Wildman–Crippen LogP) is 1.67. The molecule has 2 heterocycles. The van der Waals surface area contributed by atoms with Crippen LogP contribution in [0.3, 0.4) is 0 Å². The van der Waals surface area contributed by atoms with Gasteiger partial charge in [-0.3, -0.25) is 9.67 Å². The van der Waals surface area contributed by atoms with Gasteiger partial charge in [0, 0.05) is 24.0 Å². The fourth-order valence-electron chi connectivity index (χ4n) is 1.20. The molecular formula is C10H12N4. The van der Waals surface area contributed by atoms with E-state index in [-0.39, 0.29) is 0 Å². The summed E-state index contributed by atoms with van der Waals surface area (Å²) in [7, 11) is 0. The SMILES string of the molecule is CCn1cc(-c2ccc(C)nc2)nn1. The molecule has 0 aliphatic rings. The molecule has 14 heavy (non-hydrogen) atoms. The average molecular weight is 188 g/mol. The Bertz CT molecular complexity index is 416. The van der Waals surface area contributed by atoms with Gasteiger partial charge in [0.1, 0.15) is 5.69 Å². The van der Waals surface area contributed by atoms with Crippen LogP contribution in [0.25, 0.3) is 11.3 Å². The molecule has 0 unspecified atom stereocenters. The molecule has 0 spiro atoms. The average Bonchev–Trinajstić information content (AvgIpc) is 2.67. The van der Waals surface area contributed by atoms with E-state index in [1.165, 1.54) is 0 Å². The first-order valence-electron chi connectivity index (χ1n) is 4.62. The molecule has 4 heteroatoms. The van der Waals surface area contributed by atoms with Crippen molar-refractivity contribution < 1.29 is 0 Å². The van der Waals surface area contributed by atoms with E-state index >= 15 is 0 Å². The number of pyridine rings is 1. The van der Waals surface area contributed by atoms with Gasteiger partial charge in [-0.05, 0) is 26.0 Å². The zero-order chi connectivity index (χ0) is 9.97. The molecule has 2 aromatic rings. The van der Waals surface area contributed by atoms with Crippen molar-refractivity contribution in [2.75, 3.05) is 0 Å². The molecule has 0 saturated carbocycles. The Balaban J connectivity index is 2.34. The van der Waals surface area contributed by atoms with E-state index in [4.69, 9.17) is 0 Å². The second-order valence-corrected chi connectivity index (χ2v) is 3.15. The number of aryl methyl sites for hydroxylation is 2. The van der Waals surface area contributed by atoms with Crippen LogP contribution in [0.4, 0.5) is 0 Å². The molecular weight excluding hydrogens is 176 g/mol.